The Morgan fingerprint density at radius 3 is 2.37 bits per heavy atom. The number of carbonyl (C=O) groups is 3. The van der Waals surface area contributed by atoms with E-state index in [1.807, 2.05) is 32.9 Å². The Morgan fingerprint density at radius 1 is 1.11 bits per heavy atom. The van der Waals surface area contributed by atoms with E-state index in [0.717, 1.165) is 22.4 Å². The number of rotatable bonds is 7. The van der Waals surface area contributed by atoms with Crippen molar-refractivity contribution in [3.05, 3.63) is 53.0 Å². The van der Waals surface area contributed by atoms with Crippen LogP contribution in [-0.4, -0.2) is 42.8 Å². The highest BCUT2D eigenvalue weighted by atomic mass is 16.3. The number of carbonyl (C=O) groups excluding carboxylic acids is 3. The molecule has 0 aliphatic heterocycles. The van der Waals surface area contributed by atoms with E-state index in [0.29, 0.717) is 0 Å². The monoisotopic (exact) mass is 371 g/mol. The summed E-state index contributed by atoms with van der Waals surface area (Å²) < 4.78 is 4.98. The lowest BCUT2D eigenvalue weighted by Gasteiger charge is -2.18. The Morgan fingerprint density at radius 2 is 1.78 bits per heavy atom. The summed E-state index contributed by atoms with van der Waals surface area (Å²) in [5, 5.41) is 5.47. The quantitative estimate of drug-likeness (QED) is 0.782. The molecule has 0 aliphatic carbocycles. The number of aryl methyl sites for hydroxylation is 3. The van der Waals surface area contributed by atoms with Crippen molar-refractivity contribution in [2.75, 3.05) is 25.5 Å². The molecule has 0 saturated carbocycles. The number of nitrogens with zero attached hydrogens (tertiary/aromatic N) is 1. The van der Waals surface area contributed by atoms with Crippen LogP contribution in [0.3, 0.4) is 0 Å². The number of anilines is 1. The minimum absolute atomic E-state index is 0.0578. The molecule has 7 heteroatoms. The highest BCUT2D eigenvalue weighted by Gasteiger charge is 2.15. The third-order valence-electron chi connectivity index (χ3n) is 4.12. The summed E-state index contributed by atoms with van der Waals surface area (Å²) in [7, 11) is 1.56. The minimum Gasteiger partial charge on any atom is -0.459 e. The summed E-state index contributed by atoms with van der Waals surface area (Å²) in [5.41, 5.74) is 3.87. The molecule has 144 valence electrons. The summed E-state index contributed by atoms with van der Waals surface area (Å²) in [4.78, 5) is 37.5. The van der Waals surface area contributed by atoms with Gasteiger partial charge in [-0.3, -0.25) is 14.4 Å². The molecule has 0 aliphatic rings. The Kier molecular flexibility index (Phi) is 6.76. The number of hydrogen-bond acceptors (Lipinski definition) is 4. The van der Waals surface area contributed by atoms with Crippen molar-refractivity contribution in [2.45, 2.75) is 27.2 Å². The van der Waals surface area contributed by atoms with Gasteiger partial charge in [-0.1, -0.05) is 17.7 Å². The summed E-state index contributed by atoms with van der Waals surface area (Å²) in [6.07, 6.45) is 1.50. The van der Waals surface area contributed by atoms with Gasteiger partial charge in [0, 0.05) is 25.7 Å². The van der Waals surface area contributed by atoms with Crippen LogP contribution >= 0.6 is 0 Å². The molecule has 1 aromatic heterocycles. The minimum atomic E-state index is -0.376. The van der Waals surface area contributed by atoms with Crippen LogP contribution in [-0.2, 0) is 9.59 Å². The van der Waals surface area contributed by atoms with Crippen molar-refractivity contribution in [3.63, 3.8) is 0 Å². The maximum Gasteiger partial charge on any atom is 0.286 e. The highest BCUT2D eigenvalue weighted by Crippen LogP contribution is 2.21. The topological polar surface area (TPSA) is 91.7 Å². The molecular weight excluding hydrogens is 346 g/mol. The standard InChI is InChI=1S/C20H25N3O4/c1-13-10-14(2)19(15(3)11-13)22-17(24)12-23(4)18(25)7-8-21-20(26)16-6-5-9-27-16/h5-6,9-11H,7-8,12H2,1-4H3,(H,21,26)(H,22,24). The Balaban J connectivity index is 1.80. The van der Waals surface area contributed by atoms with Crippen LogP contribution in [0.2, 0.25) is 0 Å². The van der Waals surface area contributed by atoms with Gasteiger partial charge in [-0.15, -0.1) is 0 Å². The van der Waals surface area contributed by atoms with Crippen LogP contribution in [0, 0.1) is 20.8 Å². The van der Waals surface area contributed by atoms with Crippen molar-refractivity contribution < 1.29 is 18.8 Å². The smallest absolute Gasteiger partial charge is 0.286 e. The first-order valence-corrected chi connectivity index (χ1v) is 8.71. The molecule has 1 aromatic carbocycles. The molecule has 0 saturated heterocycles. The fourth-order valence-electron chi connectivity index (χ4n) is 2.83. The van der Waals surface area contributed by atoms with Gasteiger partial charge in [-0.25, -0.2) is 0 Å². The van der Waals surface area contributed by atoms with E-state index in [2.05, 4.69) is 10.6 Å². The number of amides is 3. The number of hydrogen-bond donors (Lipinski definition) is 2. The molecule has 1 heterocycles. The van der Waals surface area contributed by atoms with Crippen molar-refractivity contribution in [1.82, 2.24) is 10.2 Å². The average molecular weight is 371 g/mol. The van der Waals surface area contributed by atoms with Crippen LogP contribution in [0.1, 0.15) is 33.7 Å². The van der Waals surface area contributed by atoms with Gasteiger partial charge >= 0.3 is 0 Å². The van der Waals surface area contributed by atoms with E-state index in [1.165, 1.54) is 11.2 Å². The molecular formula is C20H25N3O4. The zero-order chi connectivity index (χ0) is 20.0. The number of benzene rings is 1. The lowest BCUT2D eigenvalue weighted by atomic mass is 10.1. The molecule has 3 amide bonds. The van der Waals surface area contributed by atoms with Crippen molar-refractivity contribution in [2.24, 2.45) is 0 Å². The van der Waals surface area contributed by atoms with Gasteiger partial charge in [0.2, 0.25) is 11.8 Å². The summed E-state index contributed by atoms with van der Waals surface area (Å²) in [5.74, 6) is -0.680. The largest absolute Gasteiger partial charge is 0.459 e. The van der Waals surface area contributed by atoms with Crippen LogP contribution < -0.4 is 10.6 Å². The Labute approximate surface area is 158 Å². The zero-order valence-corrected chi connectivity index (χ0v) is 16.1. The maximum atomic E-state index is 12.3. The predicted octanol–water partition coefficient (Wildman–Crippen LogP) is 2.42. The van der Waals surface area contributed by atoms with Crippen LogP contribution in [0.4, 0.5) is 5.69 Å². The van der Waals surface area contributed by atoms with E-state index in [9.17, 15) is 14.4 Å². The first-order valence-electron chi connectivity index (χ1n) is 8.71. The predicted molar refractivity (Wildman–Crippen MR) is 103 cm³/mol. The molecule has 2 aromatic rings. The third-order valence-corrected chi connectivity index (χ3v) is 4.12. The Bertz CT molecular complexity index is 805. The third kappa shape index (κ3) is 5.70. The van der Waals surface area contributed by atoms with E-state index in [4.69, 9.17) is 4.42 Å². The van der Waals surface area contributed by atoms with E-state index < -0.39 is 0 Å². The molecule has 0 radical (unpaired) electrons. The lowest BCUT2D eigenvalue weighted by molar-refractivity contribution is -0.133. The number of likely N-dealkylation sites (N-methyl/N-ethyl adjacent to an activating group) is 1. The molecule has 0 fully saturated rings. The van der Waals surface area contributed by atoms with E-state index in [-0.39, 0.29) is 43.0 Å². The van der Waals surface area contributed by atoms with Gasteiger partial charge in [0.25, 0.3) is 5.91 Å². The summed E-state index contributed by atoms with van der Waals surface area (Å²) in [6.45, 7) is 5.99. The number of furan rings is 1. The molecule has 0 spiro atoms. The molecule has 2 N–H and O–H groups in total. The summed E-state index contributed by atoms with van der Waals surface area (Å²) >= 11 is 0. The van der Waals surface area contributed by atoms with Crippen LogP contribution in [0.5, 0.6) is 0 Å². The normalized spacial score (nSPS) is 10.4. The van der Waals surface area contributed by atoms with E-state index >= 15 is 0 Å². The molecule has 0 atom stereocenters. The van der Waals surface area contributed by atoms with Gasteiger partial charge in [0.1, 0.15) is 0 Å². The molecule has 2 rings (SSSR count). The van der Waals surface area contributed by atoms with E-state index in [1.54, 1.807) is 19.2 Å². The van der Waals surface area contributed by atoms with Gasteiger partial charge in [0.15, 0.2) is 5.76 Å². The highest BCUT2D eigenvalue weighted by molar-refractivity contribution is 5.96. The number of nitrogens with one attached hydrogen (secondary N) is 2. The fraction of sp³-hybridized carbons (Fsp3) is 0.350. The van der Waals surface area contributed by atoms with Gasteiger partial charge < -0.3 is 20.0 Å². The van der Waals surface area contributed by atoms with Crippen molar-refractivity contribution in [3.8, 4) is 0 Å². The van der Waals surface area contributed by atoms with Gasteiger partial charge in [-0.2, -0.15) is 0 Å². The maximum absolute atomic E-state index is 12.3. The Hall–Kier alpha value is -3.09. The molecule has 0 unspecified atom stereocenters. The second-order valence-corrected chi connectivity index (χ2v) is 6.55. The zero-order valence-electron chi connectivity index (χ0n) is 16.1. The SMILES string of the molecule is Cc1cc(C)c(NC(=O)CN(C)C(=O)CCNC(=O)c2ccco2)c(C)c1. The van der Waals surface area contributed by atoms with Gasteiger partial charge in [-0.05, 0) is 44.0 Å². The van der Waals surface area contributed by atoms with Crippen molar-refractivity contribution in [1.29, 1.82) is 0 Å². The van der Waals surface area contributed by atoms with Crippen molar-refractivity contribution >= 4 is 23.4 Å². The van der Waals surface area contributed by atoms with Gasteiger partial charge in [0.05, 0.1) is 12.8 Å². The lowest BCUT2D eigenvalue weighted by Crippen LogP contribution is -2.37. The second kappa shape index (κ2) is 9.02. The first kappa shape index (κ1) is 20.2. The molecule has 27 heavy (non-hydrogen) atoms. The first-order chi connectivity index (χ1) is 12.8. The summed E-state index contributed by atoms with van der Waals surface area (Å²) in [6, 6.07) is 7.16. The molecule has 7 nitrogen and oxygen atoms in total. The second-order valence-electron chi connectivity index (χ2n) is 6.55. The fourth-order valence-corrected chi connectivity index (χ4v) is 2.83. The van der Waals surface area contributed by atoms with Crippen LogP contribution in [0.25, 0.3) is 0 Å². The van der Waals surface area contributed by atoms with Crippen LogP contribution in [0.15, 0.2) is 34.9 Å². The average Bonchev–Trinajstić information content (AvgIpc) is 3.12. The molecule has 0 bridgehead atoms.